The molecule has 0 spiro atoms. The molecule has 0 aromatic carbocycles. The Hall–Kier alpha value is -0.340. The Balaban J connectivity index is 3.72. The molecule has 0 rings (SSSR count). The number of alkyl halides is 3. The van der Waals surface area contributed by atoms with E-state index in [0.717, 1.165) is 0 Å². The molecule has 4 nitrogen and oxygen atoms in total. The lowest BCUT2D eigenvalue weighted by molar-refractivity contribution is -0.135. The van der Waals surface area contributed by atoms with Crippen molar-refractivity contribution in [3.05, 3.63) is 0 Å². The number of sulfonamides is 1. The first-order valence-corrected chi connectivity index (χ1v) is 7.05. The van der Waals surface area contributed by atoms with Gasteiger partial charge in [0.05, 0.1) is 5.75 Å². The lowest BCUT2D eigenvalue weighted by Crippen LogP contribution is -2.35. The Morgan fingerprint density at radius 3 is 2.24 bits per heavy atom. The highest BCUT2D eigenvalue weighted by molar-refractivity contribution is 7.89. The third kappa shape index (κ3) is 11.9. The summed E-state index contributed by atoms with van der Waals surface area (Å²) in [4.78, 5) is 0. The van der Waals surface area contributed by atoms with E-state index in [1.807, 2.05) is 13.8 Å². The van der Waals surface area contributed by atoms with Gasteiger partial charge in [-0.2, -0.15) is 13.2 Å². The average molecular weight is 276 g/mol. The summed E-state index contributed by atoms with van der Waals surface area (Å²) in [5.74, 6) is -0.128. The molecule has 0 aliphatic rings. The summed E-state index contributed by atoms with van der Waals surface area (Å²) in [6.45, 7) is 3.86. The number of rotatable bonds is 8. The van der Waals surface area contributed by atoms with Crippen molar-refractivity contribution >= 4 is 10.0 Å². The summed E-state index contributed by atoms with van der Waals surface area (Å²) in [6, 6.07) is 0.176. The molecular weight excluding hydrogens is 257 g/mol. The summed E-state index contributed by atoms with van der Waals surface area (Å²) in [5, 5.41) is 2.92. The molecule has 0 radical (unpaired) electrons. The summed E-state index contributed by atoms with van der Waals surface area (Å²) in [5.41, 5.74) is 0. The molecule has 2 N–H and O–H groups in total. The monoisotopic (exact) mass is 276 g/mol. The van der Waals surface area contributed by atoms with Crippen LogP contribution in [-0.4, -0.2) is 39.5 Å². The van der Waals surface area contributed by atoms with E-state index in [1.165, 1.54) is 0 Å². The van der Waals surface area contributed by atoms with Crippen LogP contribution in [0.4, 0.5) is 13.2 Å². The number of halogens is 3. The third-order valence-electron chi connectivity index (χ3n) is 1.88. The van der Waals surface area contributed by atoms with Crippen molar-refractivity contribution in [1.82, 2.24) is 10.0 Å². The fraction of sp³-hybridized carbons (Fsp3) is 1.00. The van der Waals surface area contributed by atoms with Gasteiger partial charge in [0.25, 0.3) is 0 Å². The van der Waals surface area contributed by atoms with Crippen molar-refractivity contribution in [2.24, 2.45) is 0 Å². The fourth-order valence-corrected chi connectivity index (χ4v) is 2.06. The molecule has 17 heavy (non-hydrogen) atoms. The first-order valence-electron chi connectivity index (χ1n) is 5.40. The van der Waals surface area contributed by atoms with Gasteiger partial charge in [-0.05, 0) is 6.42 Å². The Labute approximate surface area is 100 Å². The number of nitrogens with one attached hydrogen (secondary N) is 2. The molecule has 0 saturated heterocycles. The maximum absolute atomic E-state index is 11.8. The van der Waals surface area contributed by atoms with E-state index in [-0.39, 0.29) is 31.3 Å². The van der Waals surface area contributed by atoms with E-state index in [0.29, 0.717) is 0 Å². The molecule has 0 fully saturated rings. The molecule has 0 heterocycles. The van der Waals surface area contributed by atoms with Gasteiger partial charge in [-0.3, -0.25) is 0 Å². The van der Waals surface area contributed by atoms with Crippen molar-refractivity contribution in [3.8, 4) is 0 Å². The van der Waals surface area contributed by atoms with Gasteiger partial charge < -0.3 is 5.32 Å². The number of hydrogen-bond acceptors (Lipinski definition) is 3. The minimum absolute atomic E-state index is 0.128. The SMILES string of the molecule is CC(C)NCCS(=O)(=O)NCCCC(F)(F)F. The van der Waals surface area contributed by atoms with Gasteiger partial charge in [0, 0.05) is 25.6 Å². The van der Waals surface area contributed by atoms with Crippen LogP contribution in [0.15, 0.2) is 0 Å². The Kier molecular flexibility index (Phi) is 7.03. The summed E-state index contributed by atoms with van der Waals surface area (Å²) in [6.07, 6.45) is -5.44. The molecular formula is C9H19F3N2O2S. The molecule has 0 saturated carbocycles. The van der Waals surface area contributed by atoms with Gasteiger partial charge in [-0.25, -0.2) is 13.1 Å². The van der Waals surface area contributed by atoms with Crippen LogP contribution in [0.2, 0.25) is 0 Å². The first kappa shape index (κ1) is 16.7. The summed E-state index contributed by atoms with van der Waals surface area (Å²) in [7, 11) is -3.47. The van der Waals surface area contributed by atoms with Crippen LogP contribution in [0, 0.1) is 0 Å². The molecule has 104 valence electrons. The van der Waals surface area contributed by atoms with Gasteiger partial charge in [0.15, 0.2) is 0 Å². The van der Waals surface area contributed by atoms with E-state index in [1.54, 1.807) is 0 Å². The molecule has 8 heteroatoms. The topological polar surface area (TPSA) is 58.2 Å². The third-order valence-corrected chi connectivity index (χ3v) is 3.27. The molecule has 0 aromatic heterocycles. The van der Waals surface area contributed by atoms with Crippen molar-refractivity contribution in [2.45, 2.75) is 38.9 Å². The zero-order chi connectivity index (χ0) is 13.5. The molecule has 0 bridgehead atoms. The highest BCUT2D eigenvalue weighted by Gasteiger charge is 2.26. The maximum Gasteiger partial charge on any atom is 0.389 e. The fourth-order valence-electron chi connectivity index (χ4n) is 1.07. The Bertz CT molecular complexity index is 302. The first-order chi connectivity index (χ1) is 7.62. The average Bonchev–Trinajstić information content (AvgIpc) is 2.10. The molecule has 0 atom stereocenters. The van der Waals surface area contributed by atoms with Crippen LogP contribution in [0.5, 0.6) is 0 Å². The van der Waals surface area contributed by atoms with E-state index in [2.05, 4.69) is 10.0 Å². The summed E-state index contributed by atoms with van der Waals surface area (Å²) < 4.78 is 60.1. The minimum atomic E-state index is -4.23. The van der Waals surface area contributed by atoms with Gasteiger partial charge in [-0.15, -0.1) is 0 Å². The van der Waals surface area contributed by atoms with Crippen molar-refractivity contribution in [3.63, 3.8) is 0 Å². The standard InChI is InChI=1S/C9H19F3N2O2S/c1-8(2)13-6-7-17(15,16)14-5-3-4-9(10,11)12/h8,13-14H,3-7H2,1-2H3. The van der Waals surface area contributed by atoms with Crippen molar-refractivity contribution in [2.75, 3.05) is 18.8 Å². The van der Waals surface area contributed by atoms with Gasteiger partial charge >= 0.3 is 6.18 Å². The predicted octanol–water partition coefficient (Wildman–Crippen LogP) is 1.25. The second-order valence-corrected chi connectivity index (χ2v) is 5.97. The molecule has 0 amide bonds. The van der Waals surface area contributed by atoms with E-state index in [9.17, 15) is 21.6 Å². The zero-order valence-corrected chi connectivity index (χ0v) is 10.8. The normalized spacial score (nSPS) is 13.3. The highest BCUT2D eigenvalue weighted by atomic mass is 32.2. The van der Waals surface area contributed by atoms with Crippen molar-refractivity contribution < 1.29 is 21.6 Å². The molecule has 0 aliphatic heterocycles. The predicted molar refractivity (Wildman–Crippen MR) is 60.2 cm³/mol. The van der Waals surface area contributed by atoms with E-state index in [4.69, 9.17) is 0 Å². The van der Waals surface area contributed by atoms with Crippen LogP contribution in [0.25, 0.3) is 0 Å². The van der Waals surface area contributed by atoms with Gasteiger partial charge in [0.2, 0.25) is 10.0 Å². The second-order valence-electron chi connectivity index (χ2n) is 4.04. The largest absolute Gasteiger partial charge is 0.389 e. The van der Waals surface area contributed by atoms with E-state index < -0.39 is 22.6 Å². The van der Waals surface area contributed by atoms with Crippen LogP contribution in [0.3, 0.4) is 0 Å². The summed E-state index contributed by atoms with van der Waals surface area (Å²) >= 11 is 0. The van der Waals surface area contributed by atoms with Gasteiger partial charge in [0.1, 0.15) is 0 Å². The van der Waals surface area contributed by atoms with Crippen LogP contribution in [-0.2, 0) is 10.0 Å². The minimum Gasteiger partial charge on any atom is -0.313 e. The highest BCUT2D eigenvalue weighted by Crippen LogP contribution is 2.20. The Morgan fingerprint density at radius 1 is 1.18 bits per heavy atom. The second kappa shape index (κ2) is 7.17. The maximum atomic E-state index is 11.8. The molecule has 0 unspecified atom stereocenters. The van der Waals surface area contributed by atoms with Crippen LogP contribution in [0.1, 0.15) is 26.7 Å². The van der Waals surface area contributed by atoms with Crippen molar-refractivity contribution in [1.29, 1.82) is 0 Å². The smallest absolute Gasteiger partial charge is 0.313 e. The van der Waals surface area contributed by atoms with Crippen LogP contribution < -0.4 is 10.0 Å². The number of hydrogen-bond donors (Lipinski definition) is 2. The van der Waals surface area contributed by atoms with Gasteiger partial charge in [-0.1, -0.05) is 13.8 Å². The lowest BCUT2D eigenvalue weighted by Gasteiger charge is -2.10. The van der Waals surface area contributed by atoms with E-state index >= 15 is 0 Å². The molecule has 0 aliphatic carbocycles. The molecule has 0 aromatic rings. The quantitative estimate of drug-likeness (QED) is 0.656. The lowest BCUT2D eigenvalue weighted by atomic mass is 10.3. The van der Waals surface area contributed by atoms with Crippen LogP contribution >= 0.6 is 0 Å². The zero-order valence-electron chi connectivity index (χ0n) is 9.97. The Morgan fingerprint density at radius 2 is 1.76 bits per heavy atom.